The molecule has 0 radical (unpaired) electrons. The molecule has 1 heterocycles. The minimum absolute atomic E-state index is 0. The van der Waals surface area contributed by atoms with Crippen LogP contribution in [0.4, 0.5) is 0 Å². The van der Waals surface area contributed by atoms with E-state index in [0.717, 1.165) is 29.8 Å². The Kier molecular flexibility index (Phi) is 6.71. The van der Waals surface area contributed by atoms with Gasteiger partial charge in [0, 0.05) is 36.6 Å². The molecule has 0 atom stereocenters. The van der Waals surface area contributed by atoms with Gasteiger partial charge in [0.15, 0.2) is 15.8 Å². The summed E-state index contributed by atoms with van der Waals surface area (Å²) in [4.78, 5) is 6.46. The van der Waals surface area contributed by atoms with Gasteiger partial charge in [-0.1, -0.05) is 28.1 Å². The number of halogens is 2. The summed E-state index contributed by atoms with van der Waals surface area (Å²) in [6.07, 6.45) is 2.32. The summed E-state index contributed by atoms with van der Waals surface area (Å²) in [5.74, 6) is 0.974. The summed E-state index contributed by atoms with van der Waals surface area (Å²) in [6, 6.07) is 8.49. The molecule has 1 saturated carbocycles. The Balaban J connectivity index is 0.00000243. The molecule has 0 aromatic heterocycles. The fraction of sp³-hybridized carbons (Fsp3) is 0.611. The van der Waals surface area contributed by atoms with Crippen molar-refractivity contribution in [2.75, 3.05) is 32.4 Å². The summed E-state index contributed by atoms with van der Waals surface area (Å²) >= 11 is 3.55. The highest BCUT2D eigenvalue weighted by molar-refractivity contribution is 14.0. The highest BCUT2D eigenvalue weighted by Crippen LogP contribution is 2.48. The maximum Gasteiger partial charge on any atom is 0.193 e. The van der Waals surface area contributed by atoms with Crippen molar-refractivity contribution in [2.24, 2.45) is 4.99 Å². The maximum atomic E-state index is 12.2. The van der Waals surface area contributed by atoms with Crippen molar-refractivity contribution < 1.29 is 8.42 Å². The van der Waals surface area contributed by atoms with Gasteiger partial charge in [-0.15, -0.1) is 24.0 Å². The van der Waals surface area contributed by atoms with Crippen LogP contribution in [0.5, 0.6) is 0 Å². The topological polar surface area (TPSA) is 61.8 Å². The molecule has 1 aliphatic heterocycles. The highest BCUT2D eigenvalue weighted by atomic mass is 127. The van der Waals surface area contributed by atoms with Crippen LogP contribution in [0.25, 0.3) is 0 Å². The molecule has 0 bridgehead atoms. The van der Waals surface area contributed by atoms with Crippen LogP contribution in [0.15, 0.2) is 33.7 Å². The standard InChI is InChI=1S/C18H26BrN3O2S.HI/c1-17(2)13-22(9-10-25(17,23)24)16(20-3)21-12-18(7-8-18)14-5-4-6-15(19)11-14;/h4-6,11H,7-10,12-13H2,1-3H3,(H,20,21);1H. The normalized spacial score (nSPS) is 23.1. The zero-order valence-corrected chi connectivity index (χ0v) is 20.2. The molecule has 1 N–H and O–H groups in total. The summed E-state index contributed by atoms with van der Waals surface area (Å²) < 4.78 is 24.8. The molecular formula is C18H27BrIN3O2S. The Morgan fingerprint density at radius 1 is 1.35 bits per heavy atom. The smallest absolute Gasteiger partial charge is 0.193 e. The summed E-state index contributed by atoms with van der Waals surface area (Å²) in [6.45, 7) is 5.38. The van der Waals surface area contributed by atoms with Crippen LogP contribution in [0.2, 0.25) is 0 Å². The molecule has 3 rings (SSSR count). The van der Waals surface area contributed by atoms with Crippen molar-refractivity contribution >= 4 is 55.7 Å². The van der Waals surface area contributed by atoms with Crippen molar-refractivity contribution in [3.05, 3.63) is 34.3 Å². The average Bonchev–Trinajstić information content (AvgIpc) is 3.32. The number of nitrogens with one attached hydrogen (secondary N) is 1. The van der Waals surface area contributed by atoms with E-state index in [-0.39, 0.29) is 35.1 Å². The van der Waals surface area contributed by atoms with Crippen molar-refractivity contribution in [1.29, 1.82) is 0 Å². The number of hydrogen-bond acceptors (Lipinski definition) is 3. The molecule has 8 heteroatoms. The first-order chi connectivity index (χ1) is 11.7. The van der Waals surface area contributed by atoms with E-state index in [2.05, 4.69) is 49.3 Å². The van der Waals surface area contributed by atoms with Crippen LogP contribution >= 0.6 is 39.9 Å². The molecule has 2 aliphatic rings. The van der Waals surface area contributed by atoms with Gasteiger partial charge >= 0.3 is 0 Å². The fourth-order valence-corrected chi connectivity index (χ4v) is 5.21. The maximum absolute atomic E-state index is 12.2. The lowest BCUT2D eigenvalue weighted by molar-refractivity contribution is 0.352. The summed E-state index contributed by atoms with van der Waals surface area (Å²) in [5.41, 5.74) is 1.50. The third-order valence-electron chi connectivity index (χ3n) is 5.43. The average molecular weight is 556 g/mol. The van der Waals surface area contributed by atoms with Gasteiger partial charge in [-0.3, -0.25) is 4.99 Å². The van der Waals surface area contributed by atoms with Gasteiger partial charge < -0.3 is 10.2 Å². The van der Waals surface area contributed by atoms with Gasteiger partial charge in [0.1, 0.15) is 0 Å². The van der Waals surface area contributed by atoms with Crippen molar-refractivity contribution in [1.82, 2.24) is 10.2 Å². The lowest BCUT2D eigenvalue weighted by Crippen LogP contribution is -2.57. The number of sulfone groups is 1. The predicted molar refractivity (Wildman–Crippen MR) is 121 cm³/mol. The first-order valence-electron chi connectivity index (χ1n) is 8.63. The Bertz CT molecular complexity index is 791. The number of hydrogen-bond donors (Lipinski definition) is 1. The van der Waals surface area contributed by atoms with Crippen LogP contribution in [0.3, 0.4) is 0 Å². The van der Waals surface area contributed by atoms with Gasteiger partial charge in [0.05, 0.1) is 10.5 Å². The Labute approximate surface area is 182 Å². The first kappa shape index (κ1) is 21.9. The molecule has 1 aromatic rings. The van der Waals surface area contributed by atoms with E-state index in [1.807, 2.05) is 6.07 Å². The first-order valence-corrected chi connectivity index (χ1v) is 11.1. The number of nitrogens with zero attached hydrogens (tertiary/aromatic N) is 2. The molecule has 0 unspecified atom stereocenters. The van der Waals surface area contributed by atoms with Crippen molar-refractivity contribution in [3.63, 3.8) is 0 Å². The molecule has 1 saturated heterocycles. The number of aliphatic imine (C=N–C) groups is 1. The zero-order chi connectivity index (χ0) is 18.3. The lowest BCUT2D eigenvalue weighted by atomic mass is 9.96. The minimum Gasteiger partial charge on any atom is -0.355 e. The minimum atomic E-state index is -3.04. The van der Waals surface area contributed by atoms with Crippen molar-refractivity contribution in [3.8, 4) is 0 Å². The Morgan fingerprint density at radius 2 is 2.04 bits per heavy atom. The molecule has 0 spiro atoms. The van der Waals surface area contributed by atoms with Gasteiger partial charge in [0.2, 0.25) is 0 Å². The van der Waals surface area contributed by atoms with E-state index >= 15 is 0 Å². The van der Waals surface area contributed by atoms with E-state index in [9.17, 15) is 8.42 Å². The molecule has 2 fully saturated rings. The van der Waals surface area contributed by atoms with E-state index in [1.54, 1.807) is 20.9 Å². The number of benzene rings is 1. The summed E-state index contributed by atoms with van der Waals surface area (Å²) in [7, 11) is -1.28. The molecule has 26 heavy (non-hydrogen) atoms. The Morgan fingerprint density at radius 3 is 2.58 bits per heavy atom. The molecule has 146 valence electrons. The molecule has 0 amide bonds. The van der Waals surface area contributed by atoms with Crippen LogP contribution in [0.1, 0.15) is 32.3 Å². The van der Waals surface area contributed by atoms with Crippen LogP contribution in [-0.4, -0.2) is 56.5 Å². The van der Waals surface area contributed by atoms with E-state index < -0.39 is 14.6 Å². The van der Waals surface area contributed by atoms with Gasteiger partial charge in [-0.2, -0.15) is 0 Å². The summed E-state index contributed by atoms with van der Waals surface area (Å²) in [5, 5.41) is 3.49. The zero-order valence-electron chi connectivity index (χ0n) is 15.5. The van der Waals surface area contributed by atoms with Crippen molar-refractivity contribution in [2.45, 2.75) is 36.9 Å². The molecule has 1 aliphatic carbocycles. The third kappa shape index (κ3) is 4.38. The second-order valence-electron chi connectivity index (χ2n) is 7.69. The monoisotopic (exact) mass is 555 g/mol. The van der Waals surface area contributed by atoms with E-state index in [1.165, 1.54) is 5.56 Å². The molecule has 5 nitrogen and oxygen atoms in total. The fourth-order valence-electron chi connectivity index (χ4n) is 3.44. The predicted octanol–water partition coefficient (Wildman–Crippen LogP) is 3.18. The van der Waals surface area contributed by atoms with Gasteiger partial charge in [0.25, 0.3) is 0 Å². The molecular weight excluding hydrogens is 529 g/mol. The SMILES string of the molecule is CN=C(NCC1(c2cccc(Br)c2)CC1)N1CCS(=O)(=O)C(C)(C)C1.I. The van der Waals surface area contributed by atoms with E-state index in [4.69, 9.17) is 0 Å². The second kappa shape index (κ2) is 7.95. The van der Waals surface area contributed by atoms with Crippen LogP contribution in [-0.2, 0) is 15.3 Å². The highest BCUT2D eigenvalue weighted by Gasteiger charge is 2.45. The lowest BCUT2D eigenvalue weighted by Gasteiger charge is -2.39. The van der Waals surface area contributed by atoms with E-state index in [0.29, 0.717) is 13.1 Å². The quantitative estimate of drug-likeness (QED) is 0.353. The second-order valence-corrected chi connectivity index (χ2v) is 11.4. The molecule has 1 aromatic carbocycles. The Hall–Kier alpha value is -0.350. The largest absolute Gasteiger partial charge is 0.355 e. The third-order valence-corrected chi connectivity index (χ3v) is 8.46. The number of guanidine groups is 1. The van der Waals surface area contributed by atoms with Crippen LogP contribution in [0, 0.1) is 0 Å². The van der Waals surface area contributed by atoms with Crippen LogP contribution < -0.4 is 5.32 Å². The van der Waals surface area contributed by atoms with Gasteiger partial charge in [-0.25, -0.2) is 8.42 Å². The number of rotatable bonds is 3. The van der Waals surface area contributed by atoms with Gasteiger partial charge in [-0.05, 0) is 44.4 Å².